The van der Waals surface area contributed by atoms with E-state index in [4.69, 9.17) is 0 Å². The lowest BCUT2D eigenvalue weighted by atomic mass is 10.2. The molecule has 0 bridgehead atoms. The van der Waals surface area contributed by atoms with Crippen LogP contribution in [-0.2, 0) is 0 Å². The second-order valence-electron chi connectivity index (χ2n) is 4.07. The van der Waals surface area contributed by atoms with E-state index in [0.717, 1.165) is 0 Å². The highest BCUT2D eigenvalue weighted by Crippen LogP contribution is 2.13. The molecule has 21 heavy (non-hydrogen) atoms. The van der Waals surface area contributed by atoms with Crippen molar-refractivity contribution in [2.45, 2.75) is 0 Å². The van der Waals surface area contributed by atoms with E-state index < -0.39 is 5.91 Å². The average molecular weight is 283 g/mol. The van der Waals surface area contributed by atoms with Gasteiger partial charge in [-0.05, 0) is 34.7 Å². The van der Waals surface area contributed by atoms with Crippen molar-refractivity contribution in [1.29, 1.82) is 0 Å². The molecule has 0 aliphatic carbocycles. The number of carbonyl (C=O) groups excluding carboxylic acids is 1. The van der Waals surface area contributed by atoms with Crippen LogP contribution in [0.3, 0.4) is 0 Å². The van der Waals surface area contributed by atoms with E-state index in [2.05, 4.69) is 31.0 Å². The van der Waals surface area contributed by atoms with Crippen molar-refractivity contribution < 1.29 is 4.79 Å². The summed E-state index contributed by atoms with van der Waals surface area (Å²) in [6.07, 6.45) is 1.45. The monoisotopic (exact) mass is 283 g/mol. The molecule has 2 heterocycles. The van der Waals surface area contributed by atoms with Crippen molar-refractivity contribution >= 4 is 11.6 Å². The molecule has 0 spiro atoms. The molecule has 0 atom stereocenters. The lowest BCUT2D eigenvalue weighted by Gasteiger charge is -2.06. The molecule has 0 saturated heterocycles. The Hall–Kier alpha value is -3.36. The smallest absolute Gasteiger partial charge is 0.276 e. The van der Waals surface area contributed by atoms with Crippen molar-refractivity contribution in [2.75, 3.05) is 5.32 Å². The van der Waals surface area contributed by atoms with Crippen molar-refractivity contribution in [3.63, 3.8) is 0 Å². The Kier molecular flexibility index (Phi) is 3.21. The fourth-order valence-electron chi connectivity index (χ4n) is 1.67. The van der Waals surface area contributed by atoms with Crippen molar-refractivity contribution in [3.05, 3.63) is 58.8 Å². The van der Waals surface area contributed by atoms with Gasteiger partial charge in [-0.3, -0.25) is 9.59 Å². The summed E-state index contributed by atoms with van der Waals surface area (Å²) in [5, 5.41) is 19.4. The van der Waals surface area contributed by atoms with Gasteiger partial charge in [0.05, 0.1) is 5.69 Å². The minimum Gasteiger partial charge on any atom is -0.321 e. The van der Waals surface area contributed by atoms with Crippen molar-refractivity contribution in [3.8, 4) is 5.69 Å². The Labute approximate surface area is 117 Å². The minimum atomic E-state index is -0.430. The summed E-state index contributed by atoms with van der Waals surface area (Å²) in [6, 6.07) is 9.56. The number of amides is 1. The SMILES string of the molecule is O=C(Nc1cccc(-n2cnnn2)c1)c1ccc(=O)[nH]n1. The van der Waals surface area contributed by atoms with Crippen LogP contribution in [0.5, 0.6) is 0 Å². The van der Waals surface area contributed by atoms with Crippen LogP contribution in [0.1, 0.15) is 10.5 Å². The Morgan fingerprint density at radius 1 is 1.24 bits per heavy atom. The summed E-state index contributed by atoms with van der Waals surface area (Å²) in [4.78, 5) is 22.9. The summed E-state index contributed by atoms with van der Waals surface area (Å²) < 4.78 is 1.47. The van der Waals surface area contributed by atoms with E-state index in [9.17, 15) is 9.59 Å². The van der Waals surface area contributed by atoms with Gasteiger partial charge in [0.1, 0.15) is 12.0 Å². The van der Waals surface area contributed by atoms with Gasteiger partial charge in [0, 0.05) is 11.8 Å². The third-order valence-corrected chi connectivity index (χ3v) is 2.63. The van der Waals surface area contributed by atoms with Crippen LogP contribution in [-0.4, -0.2) is 36.3 Å². The number of hydrogen-bond donors (Lipinski definition) is 2. The summed E-state index contributed by atoms with van der Waals surface area (Å²) in [5.74, 6) is -0.430. The van der Waals surface area contributed by atoms with Gasteiger partial charge < -0.3 is 5.32 Å². The van der Waals surface area contributed by atoms with Gasteiger partial charge in [0.2, 0.25) is 0 Å². The number of carbonyl (C=O) groups is 1. The maximum absolute atomic E-state index is 12.0. The second-order valence-corrected chi connectivity index (χ2v) is 4.07. The number of nitrogens with one attached hydrogen (secondary N) is 2. The molecule has 0 radical (unpaired) electrons. The normalized spacial score (nSPS) is 10.3. The third-order valence-electron chi connectivity index (χ3n) is 2.63. The molecule has 0 aliphatic rings. The standard InChI is InChI=1S/C12H9N7O2/c20-11-5-4-10(15-16-11)12(21)14-8-2-1-3-9(6-8)19-7-13-17-18-19/h1-7H,(H,14,21)(H,16,20). The molecule has 3 rings (SSSR count). The number of aromatic nitrogens is 6. The average Bonchev–Trinajstić information content (AvgIpc) is 3.02. The summed E-state index contributed by atoms with van der Waals surface area (Å²) in [5.41, 5.74) is 1.00. The van der Waals surface area contributed by atoms with Gasteiger partial charge in [0.25, 0.3) is 11.5 Å². The highest BCUT2D eigenvalue weighted by molar-refractivity contribution is 6.02. The Morgan fingerprint density at radius 3 is 2.86 bits per heavy atom. The number of H-pyrrole nitrogens is 1. The van der Waals surface area contributed by atoms with Crippen LogP contribution in [0, 0.1) is 0 Å². The number of benzene rings is 1. The zero-order valence-electron chi connectivity index (χ0n) is 10.6. The van der Waals surface area contributed by atoms with Crippen LogP contribution < -0.4 is 10.9 Å². The quantitative estimate of drug-likeness (QED) is 0.698. The van der Waals surface area contributed by atoms with Crippen LogP contribution in [0.2, 0.25) is 0 Å². The van der Waals surface area contributed by atoms with Gasteiger partial charge in [0.15, 0.2) is 0 Å². The topological polar surface area (TPSA) is 118 Å². The first kappa shape index (κ1) is 12.7. The van der Waals surface area contributed by atoms with E-state index in [1.807, 2.05) is 0 Å². The number of rotatable bonds is 3. The molecule has 3 aromatic rings. The Morgan fingerprint density at radius 2 is 2.14 bits per heavy atom. The number of anilines is 1. The second kappa shape index (κ2) is 5.33. The molecule has 9 heteroatoms. The highest BCUT2D eigenvalue weighted by atomic mass is 16.2. The molecular formula is C12H9N7O2. The largest absolute Gasteiger partial charge is 0.321 e. The molecule has 0 aliphatic heterocycles. The number of aromatic amines is 1. The Balaban J connectivity index is 1.82. The first-order valence-electron chi connectivity index (χ1n) is 5.93. The molecule has 104 valence electrons. The first-order chi connectivity index (χ1) is 10.2. The van der Waals surface area contributed by atoms with Gasteiger partial charge in [-0.15, -0.1) is 5.10 Å². The van der Waals surface area contributed by atoms with E-state index in [1.54, 1.807) is 24.3 Å². The highest BCUT2D eigenvalue weighted by Gasteiger charge is 2.08. The van der Waals surface area contributed by atoms with Crippen LogP contribution >= 0.6 is 0 Å². The zero-order chi connectivity index (χ0) is 14.7. The van der Waals surface area contributed by atoms with Gasteiger partial charge in [-0.2, -0.15) is 5.10 Å². The third kappa shape index (κ3) is 2.81. The fraction of sp³-hybridized carbons (Fsp3) is 0. The molecule has 1 amide bonds. The lowest BCUT2D eigenvalue weighted by Crippen LogP contribution is -2.17. The van der Waals surface area contributed by atoms with Crippen molar-refractivity contribution in [1.82, 2.24) is 30.4 Å². The maximum Gasteiger partial charge on any atom is 0.276 e. The predicted octanol–water partition coefficient (Wildman–Crippen LogP) is -0.00210. The van der Waals surface area contributed by atoms with E-state index in [1.165, 1.54) is 23.1 Å². The zero-order valence-corrected chi connectivity index (χ0v) is 10.6. The number of nitrogens with zero attached hydrogens (tertiary/aromatic N) is 5. The first-order valence-corrected chi connectivity index (χ1v) is 5.93. The minimum absolute atomic E-state index is 0.113. The molecule has 2 N–H and O–H groups in total. The molecule has 1 aromatic carbocycles. The Bertz CT molecular complexity index is 805. The van der Waals surface area contributed by atoms with E-state index >= 15 is 0 Å². The molecule has 2 aromatic heterocycles. The van der Waals surface area contributed by atoms with E-state index in [-0.39, 0.29) is 11.3 Å². The van der Waals surface area contributed by atoms with Gasteiger partial charge >= 0.3 is 0 Å². The molecule has 9 nitrogen and oxygen atoms in total. The van der Waals surface area contributed by atoms with Gasteiger partial charge in [-0.1, -0.05) is 6.07 Å². The number of hydrogen-bond acceptors (Lipinski definition) is 6. The summed E-state index contributed by atoms with van der Waals surface area (Å²) in [6.45, 7) is 0. The lowest BCUT2D eigenvalue weighted by molar-refractivity contribution is 0.102. The van der Waals surface area contributed by atoms with Crippen LogP contribution in [0.25, 0.3) is 5.69 Å². The van der Waals surface area contributed by atoms with Crippen LogP contribution in [0.15, 0.2) is 47.5 Å². The maximum atomic E-state index is 12.0. The molecule has 0 fully saturated rings. The summed E-state index contributed by atoms with van der Waals surface area (Å²) >= 11 is 0. The fourth-order valence-corrected chi connectivity index (χ4v) is 1.67. The summed E-state index contributed by atoms with van der Waals surface area (Å²) in [7, 11) is 0. The molecule has 0 unspecified atom stereocenters. The van der Waals surface area contributed by atoms with Crippen molar-refractivity contribution in [2.24, 2.45) is 0 Å². The van der Waals surface area contributed by atoms with Crippen LogP contribution in [0.4, 0.5) is 5.69 Å². The number of tetrazole rings is 1. The molecular weight excluding hydrogens is 274 g/mol. The van der Waals surface area contributed by atoms with E-state index in [0.29, 0.717) is 11.4 Å². The predicted molar refractivity (Wildman–Crippen MR) is 72.0 cm³/mol. The van der Waals surface area contributed by atoms with Gasteiger partial charge in [-0.25, -0.2) is 9.78 Å². The molecule has 0 saturated carbocycles.